The van der Waals surface area contributed by atoms with Gasteiger partial charge < -0.3 is 0 Å². The number of benzene rings is 2. The summed E-state index contributed by atoms with van der Waals surface area (Å²) in [6.07, 6.45) is 2.97. The summed E-state index contributed by atoms with van der Waals surface area (Å²) in [7, 11) is 0. The van der Waals surface area contributed by atoms with E-state index in [4.69, 9.17) is 5.26 Å². The first-order valence-corrected chi connectivity index (χ1v) is 5.67. The first-order valence-electron chi connectivity index (χ1n) is 5.67. The van der Waals surface area contributed by atoms with Crippen molar-refractivity contribution in [3.05, 3.63) is 77.1 Å². The van der Waals surface area contributed by atoms with Crippen molar-refractivity contribution >= 4 is 11.9 Å². The molecular weight excluding hydrogens is 241 g/mol. The maximum absolute atomic E-state index is 13.0. The lowest BCUT2D eigenvalue weighted by molar-refractivity contribution is 0.104. The predicted molar refractivity (Wildman–Crippen MR) is 70.9 cm³/mol. The number of hydrogen-bond donors (Lipinski definition) is 0. The van der Waals surface area contributed by atoms with E-state index in [0.717, 1.165) is 5.56 Å². The Bertz CT molecular complexity index is 683. The Kier molecular flexibility index (Phi) is 3.84. The van der Waals surface area contributed by atoms with Crippen LogP contribution < -0.4 is 0 Å². The number of allylic oxidation sites excluding steroid dienone is 1. The van der Waals surface area contributed by atoms with Crippen molar-refractivity contribution < 1.29 is 9.18 Å². The van der Waals surface area contributed by atoms with Gasteiger partial charge in [0.1, 0.15) is 5.82 Å². The lowest BCUT2D eigenvalue weighted by atomic mass is 10.1. The molecule has 0 spiro atoms. The quantitative estimate of drug-likeness (QED) is 0.617. The van der Waals surface area contributed by atoms with Crippen LogP contribution in [0.2, 0.25) is 0 Å². The van der Waals surface area contributed by atoms with E-state index in [0.29, 0.717) is 11.1 Å². The fourth-order valence-electron chi connectivity index (χ4n) is 1.62. The molecular formula is C16H10FNO. The van der Waals surface area contributed by atoms with Crippen LogP contribution in [-0.2, 0) is 0 Å². The minimum absolute atomic E-state index is 0.276. The lowest BCUT2D eigenvalue weighted by Gasteiger charge is -1.96. The van der Waals surface area contributed by atoms with Gasteiger partial charge in [-0.1, -0.05) is 30.3 Å². The van der Waals surface area contributed by atoms with Crippen molar-refractivity contribution in [2.75, 3.05) is 0 Å². The average molecular weight is 251 g/mol. The van der Waals surface area contributed by atoms with Crippen LogP contribution in [0.1, 0.15) is 21.5 Å². The number of halogens is 1. The van der Waals surface area contributed by atoms with Crippen LogP contribution in [-0.4, -0.2) is 5.78 Å². The minimum atomic E-state index is -0.439. The molecule has 3 heteroatoms. The van der Waals surface area contributed by atoms with Gasteiger partial charge in [0.25, 0.3) is 0 Å². The summed E-state index contributed by atoms with van der Waals surface area (Å²) in [6, 6.07) is 14.4. The Balaban J connectivity index is 2.18. The molecule has 0 aliphatic carbocycles. The molecule has 0 aliphatic rings. The van der Waals surface area contributed by atoms with Crippen LogP contribution in [0.25, 0.3) is 6.08 Å². The molecule has 2 nitrogen and oxygen atoms in total. The molecule has 0 unspecified atom stereocenters. The summed E-state index contributed by atoms with van der Waals surface area (Å²) in [6.45, 7) is 0. The fraction of sp³-hybridized carbons (Fsp3) is 0. The molecule has 2 rings (SSSR count). The van der Waals surface area contributed by atoms with Crippen molar-refractivity contribution in [3.63, 3.8) is 0 Å². The number of rotatable bonds is 3. The number of nitrogens with zero attached hydrogens (tertiary/aromatic N) is 1. The van der Waals surface area contributed by atoms with Gasteiger partial charge in [-0.3, -0.25) is 4.79 Å². The van der Waals surface area contributed by atoms with E-state index in [1.807, 2.05) is 6.07 Å². The van der Waals surface area contributed by atoms with E-state index in [2.05, 4.69) is 0 Å². The van der Waals surface area contributed by atoms with E-state index in [-0.39, 0.29) is 5.78 Å². The van der Waals surface area contributed by atoms with Crippen LogP contribution in [0.3, 0.4) is 0 Å². The normalized spacial score (nSPS) is 10.3. The highest BCUT2D eigenvalue weighted by Gasteiger charge is 2.02. The van der Waals surface area contributed by atoms with Gasteiger partial charge in [-0.2, -0.15) is 5.26 Å². The van der Waals surface area contributed by atoms with Gasteiger partial charge >= 0.3 is 0 Å². The molecule has 0 atom stereocenters. The second kappa shape index (κ2) is 5.74. The van der Waals surface area contributed by atoms with Crippen LogP contribution in [0, 0.1) is 17.1 Å². The topological polar surface area (TPSA) is 40.9 Å². The van der Waals surface area contributed by atoms with Gasteiger partial charge in [0.05, 0.1) is 11.6 Å². The summed E-state index contributed by atoms with van der Waals surface area (Å²) >= 11 is 0. The summed E-state index contributed by atoms with van der Waals surface area (Å²) in [5, 5.41) is 8.77. The monoisotopic (exact) mass is 251 g/mol. The number of carbonyl (C=O) groups excluding carboxylic acids is 1. The molecule has 0 saturated carbocycles. The third-order valence-corrected chi connectivity index (χ3v) is 2.55. The van der Waals surface area contributed by atoms with Gasteiger partial charge in [0.15, 0.2) is 5.78 Å². The van der Waals surface area contributed by atoms with E-state index in [1.165, 1.54) is 24.3 Å². The standard InChI is InChI=1S/C16H10FNO/c17-15-6-2-5-14(10-15)16(19)8-7-12-3-1-4-13(9-12)11-18/h1-10H/b8-7+. The SMILES string of the molecule is N#Cc1cccc(/C=C/C(=O)c2cccc(F)c2)c1. The number of nitriles is 1. The molecule has 0 heterocycles. The number of carbonyl (C=O) groups is 1. The number of hydrogen-bond acceptors (Lipinski definition) is 2. The smallest absolute Gasteiger partial charge is 0.185 e. The van der Waals surface area contributed by atoms with Crippen LogP contribution in [0.5, 0.6) is 0 Å². The molecule has 0 N–H and O–H groups in total. The maximum Gasteiger partial charge on any atom is 0.185 e. The lowest BCUT2D eigenvalue weighted by Crippen LogP contribution is -1.94. The zero-order chi connectivity index (χ0) is 13.7. The second-order valence-electron chi connectivity index (χ2n) is 3.95. The largest absolute Gasteiger partial charge is 0.289 e. The summed E-state index contributed by atoms with van der Waals surface area (Å²) in [4.78, 5) is 11.8. The third-order valence-electron chi connectivity index (χ3n) is 2.55. The van der Waals surface area contributed by atoms with Crippen molar-refractivity contribution in [1.82, 2.24) is 0 Å². The Morgan fingerprint density at radius 1 is 1.16 bits per heavy atom. The number of ketones is 1. The molecule has 19 heavy (non-hydrogen) atoms. The highest BCUT2D eigenvalue weighted by molar-refractivity contribution is 6.06. The minimum Gasteiger partial charge on any atom is -0.289 e. The first kappa shape index (κ1) is 12.7. The molecule has 0 fully saturated rings. The van der Waals surface area contributed by atoms with Gasteiger partial charge in [0.2, 0.25) is 0 Å². The van der Waals surface area contributed by atoms with E-state index in [1.54, 1.807) is 36.4 Å². The van der Waals surface area contributed by atoms with E-state index >= 15 is 0 Å². The first-order chi connectivity index (χ1) is 9.19. The van der Waals surface area contributed by atoms with Crippen molar-refractivity contribution in [2.45, 2.75) is 0 Å². The highest BCUT2D eigenvalue weighted by atomic mass is 19.1. The maximum atomic E-state index is 13.0. The van der Waals surface area contributed by atoms with E-state index < -0.39 is 5.82 Å². The molecule has 0 amide bonds. The molecule has 92 valence electrons. The Morgan fingerprint density at radius 3 is 2.68 bits per heavy atom. The van der Waals surface area contributed by atoms with Crippen molar-refractivity contribution in [1.29, 1.82) is 5.26 Å². The highest BCUT2D eigenvalue weighted by Crippen LogP contribution is 2.09. The van der Waals surface area contributed by atoms with Crippen LogP contribution in [0.15, 0.2) is 54.6 Å². The fourth-order valence-corrected chi connectivity index (χ4v) is 1.62. The molecule has 2 aromatic rings. The molecule has 0 bridgehead atoms. The summed E-state index contributed by atoms with van der Waals surface area (Å²) < 4.78 is 13.0. The molecule has 0 aliphatic heterocycles. The third kappa shape index (κ3) is 3.36. The average Bonchev–Trinajstić information content (AvgIpc) is 2.45. The van der Waals surface area contributed by atoms with Gasteiger partial charge in [-0.15, -0.1) is 0 Å². The Morgan fingerprint density at radius 2 is 1.95 bits per heavy atom. The molecule has 0 aromatic heterocycles. The molecule has 0 radical (unpaired) electrons. The van der Waals surface area contributed by atoms with Gasteiger partial charge in [-0.05, 0) is 35.9 Å². The predicted octanol–water partition coefficient (Wildman–Crippen LogP) is 3.59. The van der Waals surface area contributed by atoms with Crippen molar-refractivity contribution in [2.24, 2.45) is 0 Å². The Labute approximate surface area is 110 Å². The summed E-state index contributed by atoms with van der Waals surface area (Å²) in [5.74, 6) is -0.715. The summed E-state index contributed by atoms with van der Waals surface area (Å²) in [5.41, 5.74) is 1.58. The van der Waals surface area contributed by atoms with E-state index in [9.17, 15) is 9.18 Å². The van der Waals surface area contributed by atoms with Crippen LogP contribution >= 0.6 is 0 Å². The second-order valence-corrected chi connectivity index (χ2v) is 3.95. The zero-order valence-corrected chi connectivity index (χ0v) is 10.0. The zero-order valence-electron chi connectivity index (χ0n) is 10.0. The molecule has 2 aromatic carbocycles. The van der Waals surface area contributed by atoms with Gasteiger partial charge in [0, 0.05) is 5.56 Å². The van der Waals surface area contributed by atoms with Crippen LogP contribution in [0.4, 0.5) is 4.39 Å². The Hall–Kier alpha value is -2.73. The molecule has 0 saturated heterocycles. The van der Waals surface area contributed by atoms with Gasteiger partial charge in [-0.25, -0.2) is 4.39 Å². The van der Waals surface area contributed by atoms with Crippen molar-refractivity contribution in [3.8, 4) is 6.07 Å².